The summed E-state index contributed by atoms with van der Waals surface area (Å²) < 4.78 is 0. The van der Waals surface area contributed by atoms with Gasteiger partial charge in [0.1, 0.15) is 0 Å². The van der Waals surface area contributed by atoms with Crippen LogP contribution in [0.3, 0.4) is 0 Å². The maximum Gasteiger partial charge on any atom is 2.00 e. The average Bonchev–Trinajstić information content (AvgIpc) is 1.37. The van der Waals surface area contributed by atoms with E-state index >= 15 is 0 Å². The number of rotatable bonds is 1. The summed E-state index contributed by atoms with van der Waals surface area (Å²) in [6, 6.07) is 0. The molecule has 0 saturated heterocycles. The smallest absolute Gasteiger partial charge is 0.394 e. The summed E-state index contributed by atoms with van der Waals surface area (Å²) in [5.41, 5.74) is 0. The molecule has 0 aromatic heterocycles. The molecule has 0 N–H and O–H groups in total. The molecule has 0 nitrogen and oxygen atoms in total. The maximum atomic E-state index is 4.72. The minimum absolute atomic E-state index is 0. The van der Waals surface area contributed by atoms with Crippen molar-refractivity contribution in [2.24, 2.45) is 0 Å². The largest absolute Gasteiger partial charge is 2.00 e. The fourth-order valence-corrected chi connectivity index (χ4v) is 0. The van der Waals surface area contributed by atoms with Crippen LogP contribution in [0.4, 0.5) is 0 Å². The van der Waals surface area contributed by atoms with Gasteiger partial charge in [0.2, 0.25) is 0 Å². The standard InChI is InChI=1S/C4H4.Cd/c1-3-4-2;/h1-4H;/q-2;+2. The molecule has 5 heavy (non-hydrogen) atoms. The second-order valence-electron chi connectivity index (χ2n) is 0.385. The van der Waals surface area contributed by atoms with Crippen molar-refractivity contribution in [3.63, 3.8) is 0 Å². The Labute approximate surface area is 52.7 Å². The Morgan fingerprint density at radius 1 is 1.00 bits per heavy atom. The molecule has 0 spiro atoms. The Hall–Kier alpha value is 0.402. The zero-order valence-electron chi connectivity index (χ0n) is 3.02. The molecular formula is C4H4Cd. The molecule has 0 amide bonds. The van der Waals surface area contributed by atoms with Crippen LogP contribution in [-0.2, 0) is 27.3 Å². The Morgan fingerprint density at radius 2 is 1.20 bits per heavy atom. The molecule has 0 aromatic carbocycles. The van der Waals surface area contributed by atoms with Crippen molar-refractivity contribution in [1.82, 2.24) is 0 Å². The van der Waals surface area contributed by atoms with Crippen molar-refractivity contribution in [2.45, 2.75) is 0 Å². The van der Waals surface area contributed by atoms with Crippen molar-refractivity contribution in [3.8, 4) is 0 Å². The fraction of sp³-hybridized carbons (Fsp3) is 0. The molecule has 0 saturated carbocycles. The molecule has 0 aliphatic heterocycles. The van der Waals surface area contributed by atoms with E-state index in [1.54, 1.807) is 0 Å². The van der Waals surface area contributed by atoms with Crippen molar-refractivity contribution < 1.29 is 27.3 Å². The molecule has 0 heterocycles. The van der Waals surface area contributed by atoms with Crippen molar-refractivity contribution in [3.05, 3.63) is 25.3 Å². The van der Waals surface area contributed by atoms with Crippen molar-refractivity contribution in [1.29, 1.82) is 0 Å². The molecule has 0 bridgehead atoms. The van der Waals surface area contributed by atoms with E-state index < -0.39 is 0 Å². The summed E-state index contributed by atoms with van der Waals surface area (Å²) in [6.07, 6.45) is 2.56. The zero-order valence-corrected chi connectivity index (χ0v) is 7.05. The van der Waals surface area contributed by atoms with E-state index in [0.717, 1.165) is 0 Å². The molecule has 0 rings (SSSR count). The van der Waals surface area contributed by atoms with Gasteiger partial charge in [0.15, 0.2) is 0 Å². The minimum atomic E-state index is 0. The monoisotopic (exact) mass is 166 g/mol. The Morgan fingerprint density at radius 3 is 1.20 bits per heavy atom. The van der Waals surface area contributed by atoms with E-state index in [9.17, 15) is 0 Å². The molecular weight excluding hydrogens is 160 g/mol. The first-order chi connectivity index (χ1) is 1.91. The van der Waals surface area contributed by atoms with Gasteiger partial charge in [-0.2, -0.15) is 0 Å². The Bertz CT molecular complexity index is 24.6. The summed E-state index contributed by atoms with van der Waals surface area (Å²) >= 11 is 0. The van der Waals surface area contributed by atoms with E-state index in [4.69, 9.17) is 13.2 Å². The summed E-state index contributed by atoms with van der Waals surface area (Å²) in [5, 5.41) is 0. The van der Waals surface area contributed by atoms with Crippen molar-refractivity contribution >= 4 is 0 Å². The van der Waals surface area contributed by atoms with Gasteiger partial charge in [0, 0.05) is 0 Å². The first-order valence-corrected chi connectivity index (χ1v) is 1.00. The van der Waals surface area contributed by atoms with E-state index in [1.165, 1.54) is 12.2 Å². The van der Waals surface area contributed by atoms with Crippen LogP contribution in [0.1, 0.15) is 0 Å². The Kier molecular flexibility index (Phi) is 16.0. The summed E-state index contributed by atoms with van der Waals surface area (Å²) in [5.74, 6) is 0. The molecule has 0 radical (unpaired) electrons. The number of hydrogen-bond acceptors (Lipinski definition) is 0. The maximum absolute atomic E-state index is 4.72. The van der Waals surface area contributed by atoms with Crippen LogP contribution >= 0.6 is 0 Å². The molecule has 22 valence electrons. The van der Waals surface area contributed by atoms with E-state index in [1.807, 2.05) is 0 Å². The van der Waals surface area contributed by atoms with E-state index in [2.05, 4.69) is 0 Å². The van der Waals surface area contributed by atoms with Crippen LogP contribution in [0.5, 0.6) is 0 Å². The third kappa shape index (κ3) is 12.9. The SMILES string of the molecule is [CH-]=CC=[CH-].[Cd+2]. The van der Waals surface area contributed by atoms with Gasteiger partial charge in [0.25, 0.3) is 0 Å². The molecule has 0 fully saturated rings. The summed E-state index contributed by atoms with van der Waals surface area (Å²) in [7, 11) is 0. The van der Waals surface area contributed by atoms with Gasteiger partial charge in [-0.25, -0.2) is 0 Å². The van der Waals surface area contributed by atoms with Crippen LogP contribution in [0.2, 0.25) is 0 Å². The Balaban J connectivity index is 0. The fourth-order valence-electron chi connectivity index (χ4n) is 0. The predicted octanol–water partition coefficient (Wildman–Crippen LogP) is 0.962. The molecule has 0 aromatic rings. The van der Waals surface area contributed by atoms with Crippen LogP contribution in [0.25, 0.3) is 0 Å². The van der Waals surface area contributed by atoms with E-state index in [-0.39, 0.29) is 27.3 Å². The van der Waals surface area contributed by atoms with Crippen LogP contribution in [-0.4, -0.2) is 0 Å². The van der Waals surface area contributed by atoms with Gasteiger partial charge in [-0.1, -0.05) is 0 Å². The van der Waals surface area contributed by atoms with Crippen molar-refractivity contribution in [2.75, 3.05) is 0 Å². The van der Waals surface area contributed by atoms with Crippen LogP contribution < -0.4 is 0 Å². The van der Waals surface area contributed by atoms with Gasteiger partial charge in [-0.05, 0) is 0 Å². The van der Waals surface area contributed by atoms with Gasteiger partial charge < -0.3 is 25.3 Å². The first-order valence-electron chi connectivity index (χ1n) is 1.00. The molecule has 0 aliphatic carbocycles. The third-order valence-electron chi connectivity index (χ3n) is 0.111. The first kappa shape index (κ1) is 9.04. The molecule has 0 unspecified atom stereocenters. The quantitative estimate of drug-likeness (QED) is 0.308. The van der Waals surface area contributed by atoms with Crippen LogP contribution in [0, 0.1) is 13.2 Å². The third-order valence-corrected chi connectivity index (χ3v) is 0.111. The number of hydrogen-bond donors (Lipinski definition) is 0. The predicted molar refractivity (Wildman–Crippen MR) is 17.7 cm³/mol. The number of allylic oxidation sites excluding steroid dienone is 2. The normalized spacial score (nSPS) is 4.00. The van der Waals surface area contributed by atoms with Gasteiger partial charge in [-0.3, -0.25) is 0 Å². The molecule has 1 heteroatoms. The van der Waals surface area contributed by atoms with Gasteiger partial charge >= 0.3 is 27.3 Å². The van der Waals surface area contributed by atoms with E-state index in [0.29, 0.717) is 0 Å². The summed E-state index contributed by atoms with van der Waals surface area (Å²) in [6.45, 7) is 9.44. The summed E-state index contributed by atoms with van der Waals surface area (Å²) in [4.78, 5) is 0. The second kappa shape index (κ2) is 8.83. The molecule has 0 aliphatic rings. The average molecular weight is 164 g/mol. The molecule has 0 atom stereocenters. The van der Waals surface area contributed by atoms with Gasteiger partial charge in [0.05, 0.1) is 0 Å². The topological polar surface area (TPSA) is 0 Å². The second-order valence-corrected chi connectivity index (χ2v) is 0.385. The zero-order chi connectivity index (χ0) is 3.41. The minimum Gasteiger partial charge on any atom is -0.394 e. The van der Waals surface area contributed by atoms with Crippen LogP contribution in [0.15, 0.2) is 12.2 Å². The van der Waals surface area contributed by atoms with Gasteiger partial charge in [-0.15, -0.1) is 0 Å².